The van der Waals surface area contributed by atoms with Crippen LogP contribution in [0, 0.1) is 16.7 Å². The van der Waals surface area contributed by atoms with Gasteiger partial charge in [-0.25, -0.2) is 5.20 Å². The molecule has 2 rings (SSSR count). The molecule has 0 radical (unpaired) electrons. The molecule has 116 valence electrons. The van der Waals surface area contributed by atoms with Crippen molar-refractivity contribution in [2.45, 2.75) is 53.9 Å². The van der Waals surface area contributed by atoms with Gasteiger partial charge in [0.1, 0.15) is 0 Å². The Hall–Kier alpha value is 0.0400. The standard InChI is InChI=1S/C14H27N2O2PS/c1-6-17-19(20,18-7-2)16-15-12-13(3,4)11-8-9-14(12,5)10-11/h11H,6-10H2,1-5H3,(H,16,20). The third-order valence-electron chi connectivity index (χ3n) is 4.83. The Labute approximate surface area is 127 Å². The number of hydrazone groups is 1. The smallest absolute Gasteiger partial charge is 0.303 e. The van der Waals surface area contributed by atoms with Crippen LogP contribution in [-0.2, 0) is 20.9 Å². The highest BCUT2D eigenvalue weighted by Crippen LogP contribution is 2.60. The maximum atomic E-state index is 5.60. The maximum Gasteiger partial charge on any atom is 0.303 e. The Morgan fingerprint density at radius 3 is 2.35 bits per heavy atom. The normalized spacial score (nSPS) is 33.9. The molecule has 2 fully saturated rings. The molecule has 2 saturated carbocycles. The summed E-state index contributed by atoms with van der Waals surface area (Å²) < 4.78 is 11.2. The van der Waals surface area contributed by atoms with Gasteiger partial charge in [-0.3, -0.25) is 0 Å². The number of hydrogen-bond donors (Lipinski definition) is 1. The van der Waals surface area contributed by atoms with Crippen molar-refractivity contribution in [1.29, 1.82) is 0 Å². The van der Waals surface area contributed by atoms with E-state index < -0.39 is 6.64 Å². The summed E-state index contributed by atoms with van der Waals surface area (Å²) in [5.74, 6) is 0.741. The SMILES string of the molecule is CCOP(=S)(NN=C1C2(C)CCC(C2)C1(C)C)OCC. The van der Waals surface area contributed by atoms with Gasteiger partial charge >= 0.3 is 6.64 Å². The Bertz CT molecular complexity index is 436. The summed E-state index contributed by atoms with van der Waals surface area (Å²) in [5.41, 5.74) is 1.62. The molecule has 2 aliphatic carbocycles. The summed E-state index contributed by atoms with van der Waals surface area (Å²) >= 11 is 5.48. The van der Waals surface area contributed by atoms with Crippen molar-refractivity contribution in [3.05, 3.63) is 0 Å². The molecule has 20 heavy (non-hydrogen) atoms. The maximum absolute atomic E-state index is 5.60. The van der Waals surface area contributed by atoms with E-state index in [1.165, 1.54) is 25.0 Å². The number of nitrogens with zero attached hydrogens (tertiary/aromatic N) is 1. The number of fused-ring (bicyclic) bond motifs is 2. The predicted molar refractivity (Wildman–Crippen MR) is 87.3 cm³/mol. The zero-order valence-corrected chi connectivity index (χ0v) is 14.9. The molecule has 0 amide bonds. The van der Waals surface area contributed by atoms with E-state index in [2.05, 4.69) is 26.0 Å². The van der Waals surface area contributed by atoms with E-state index in [4.69, 9.17) is 26.0 Å². The second-order valence-electron chi connectivity index (χ2n) is 6.62. The summed E-state index contributed by atoms with van der Waals surface area (Å²) in [4.78, 5) is 0. The minimum atomic E-state index is -2.48. The van der Waals surface area contributed by atoms with Gasteiger partial charge in [0.05, 0.1) is 18.9 Å². The molecule has 0 aromatic carbocycles. The van der Waals surface area contributed by atoms with E-state index in [-0.39, 0.29) is 10.8 Å². The third-order valence-corrected chi connectivity index (χ3v) is 7.25. The molecule has 2 bridgehead atoms. The quantitative estimate of drug-likeness (QED) is 0.592. The van der Waals surface area contributed by atoms with Crippen LogP contribution in [0.1, 0.15) is 53.9 Å². The van der Waals surface area contributed by atoms with Crippen LogP contribution in [0.5, 0.6) is 0 Å². The highest BCUT2D eigenvalue weighted by atomic mass is 32.5. The minimum Gasteiger partial charge on any atom is -0.313 e. The average molecular weight is 318 g/mol. The molecule has 2 aliphatic rings. The van der Waals surface area contributed by atoms with E-state index in [0.29, 0.717) is 13.2 Å². The van der Waals surface area contributed by atoms with Gasteiger partial charge in [0, 0.05) is 10.8 Å². The van der Waals surface area contributed by atoms with E-state index in [1.54, 1.807) is 0 Å². The van der Waals surface area contributed by atoms with Gasteiger partial charge in [-0.2, -0.15) is 5.10 Å². The largest absolute Gasteiger partial charge is 0.313 e. The van der Waals surface area contributed by atoms with Crippen LogP contribution in [0.25, 0.3) is 0 Å². The highest BCUT2D eigenvalue weighted by molar-refractivity contribution is 8.08. The van der Waals surface area contributed by atoms with Crippen LogP contribution in [-0.4, -0.2) is 18.9 Å². The lowest BCUT2D eigenvalue weighted by Crippen LogP contribution is -2.37. The molecule has 0 aliphatic heterocycles. The van der Waals surface area contributed by atoms with E-state index in [1.807, 2.05) is 13.8 Å². The first-order valence-electron chi connectivity index (χ1n) is 7.52. The number of rotatable bonds is 6. The molecule has 4 nitrogen and oxygen atoms in total. The molecule has 0 aromatic rings. The van der Waals surface area contributed by atoms with E-state index in [0.717, 1.165) is 5.92 Å². The third kappa shape index (κ3) is 2.83. The summed E-state index contributed by atoms with van der Waals surface area (Å²) in [6.07, 6.45) is 3.79. The first-order valence-corrected chi connectivity index (χ1v) is 10.2. The molecule has 0 aromatic heterocycles. The Balaban J connectivity index is 2.20. The molecule has 2 atom stereocenters. The van der Waals surface area contributed by atoms with Crippen LogP contribution in [0.3, 0.4) is 0 Å². The van der Waals surface area contributed by atoms with Gasteiger partial charge in [-0.15, -0.1) is 0 Å². The second-order valence-corrected chi connectivity index (χ2v) is 9.77. The van der Waals surface area contributed by atoms with Crippen molar-refractivity contribution in [3.63, 3.8) is 0 Å². The van der Waals surface area contributed by atoms with Crippen molar-refractivity contribution >= 4 is 24.2 Å². The number of hydrogen-bond acceptors (Lipinski definition) is 4. The summed E-state index contributed by atoms with van der Waals surface area (Å²) in [6.45, 7) is 9.38. The van der Waals surface area contributed by atoms with Crippen molar-refractivity contribution in [1.82, 2.24) is 5.20 Å². The first kappa shape index (κ1) is 16.4. The fraction of sp³-hybridized carbons (Fsp3) is 0.929. The summed E-state index contributed by atoms with van der Waals surface area (Å²) in [7, 11) is 0. The Morgan fingerprint density at radius 2 is 1.90 bits per heavy atom. The molecule has 0 heterocycles. The first-order chi connectivity index (χ1) is 9.27. The van der Waals surface area contributed by atoms with Gasteiger partial charge in [0.2, 0.25) is 0 Å². The predicted octanol–water partition coefficient (Wildman–Crippen LogP) is 4.08. The lowest BCUT2D eigenvalue weighted by molar-refractivity contribution is 0.258. The molecule has 6 heteroatoms. The zero-order chi connectivity index (χ0) is 15.0. The van der Waals surface area contributed by atoms with Gasteiger partial charge in [-0.1, -0.05) is 20.8 Å². The lowest BCUT2D eigenvalue weighted by atomic mass is 9.71. The Morgan fingerprint density at radius 1 is 1.30 bits per heavy atom. The summed E-state index contributed by atoms with van der Waals surface area (Å²) in [6, 6.07) is 0. The van der Waals surface area contributed by atoms with Crippen molar-refractivity contribution < 1.29 is 9.05 Å². The fourth-order valence-electron chi connectivity index (χ4n) is 3.87. The van der Waals surface area contributed by atoms with Gasteiger partial charge in [-0.05, 0) is 50.8 Å². The molecule has 0 spiro atoms. The van der Waals surface area contributed by atoms with Gasteiger partial charge < -0.3 is 9.05 Å². The average Bonchev–Trinajstić information content (AvgIpc) is 2.80. The molecule has 1 N–H and O–H groups in total. The molecule has 2 unspecified atom stereocenters. The van der Waals surface area contributed by atoms with Crippen LogP contribution >= 0.6 is 6.64 Å². The topological polar surface area (TPSA) is 42.8 Å². The molecule has 0 saturated heterocycles. The van der Waals surface area contributed by atoms with Crippen molar-refractivity contribution in [3.8, 4) is 0 Å². The highest BCUT2D eigenvalue weighted by Gasteiger charge is 2.57. The zero-order valence-electron chi connectivity index (χ0n) is 13.2. The van der Waals surface area contributed by atoms with Crippen LogP contribution in [0.4, 0.5) is 0 Å². The van der Waals surface area contributed by atoms with Gasteiger partial charge in [0.25, 0.3) is 0 Å². The summed E-state index contributed by atoms with van der Waals surface area (Å²) in [5, 5.41) is 7.78. The molecular formula is C14H27N2O2PS. The lowest BCUT2D eigenvalue weighted by Gasteiger charge is -2.35. The van der Waals surface area contributed by atoms with Crippen LogP contribution in [0.2, 0.25) is 0 Å². The second kappa shape index (κ2) is 5.68. The van der Waals surface area contributed by atoms with Crippen molar-refractivity contribution in [2.24, 2.45) is 21.8 Å². The fourth-order valence-corrected chi connectivity index (χ4v) is 5.72. The van der Waals surface area contributed by atoms with Gasteiger partial charge in [0.15, 0.2) is 0 Å². The van der Waals surface area contributed by atoms with E-state index >= 15 is 0 Å². The minimum absolute atomic E-state index is 0.151. The molecular weight excluding hydrogens is 291 g/mol. The monoisotopic (exact) mass is 318 g/mol. The van der Waals surface area contributed by atoms with Crippen LogP contribution in [0.15, 0.2) is 5.10 Å². The van der Waals surface area contributed by atoms with E-state index in [9.17, 15) is 0 Å². The number of nitrogens with one attached hydrogen (secondary N) is 1. The Kier molecular flexibility index (Phi) is 4.66. The van der Waals surface area contributed by atoms with Crippen molar-refractivity contribution in [2.75, 3.05) is 13.2 Å². The van der Waals surface area contributed by atoms with Crippen LogP contribution < -0.4 is 5.20 Å².